The van der Waals surface area contributed by atoms with E-state index < -0.39 is 0 Å². The summed E-state index contributed by atoms with van der Waals surface area (Å²) in [5.41, 5.74) is 5.13. The molecule has 3 nitrogen and oxygen atoms in total. The molecule has 0 fully saturated rings. The number of hydrogen-bond donors (Lipinski definition) is 1. The van der Waals surface area contributed by atoms with Crippen LogP contribution in [0.25, 0.3) is 11.0 Å². The second-order valence-electron chi connectivity index (χ2n) is 4.82. The van der Waals surface area contributed by atoms with Gasteiger partial charge in [0.15, 0.2) is 0 Å². The van der Waals surface area contributed by atoms with Crippen LogP contribution in [0.15, 0.2) is 42.6 Å². The van der Waals surface area contributed by atoms with E-state index >= 15 is 0 Å². The zero-order valence-corrected chi connectivity index (χ0v) is 12.1. The van der Waals surface area contributed by atoms with Crippen LogP contribution in [0.4, 0.5) is 11.5 Å². The van der Waals surface area contributed by atoms with E-state index in [-0.39, 0.29) is 0 Å². The molecule has 1 heterocycles. The molecule has 0 unspecified atom stereocenters. The van der Waals surface area contributed by atoms with Crippen molar-refractivity contribution in [1.82, 2.24) is 9.97 Å². The van der Waals surface area contributed by atoms with Crippen molar-refractivity contribution < 1.29 is 0 Å². The third-order valence-corrected chi connectivity index (χ3v) is 3.49. The normalized spacial score (nSPS) is 10.8. The van der Waals surface area contributed by atoms with Gasteiger partial charge in [0.2, 0.25) is 0 Å². The summed E-state index contributed by atoms with van der Waals surface area (Å²) in [5, 5.41) is 3.90. The van der Waals surface area contributed by atoms with Crippen LogP contribution in [0, 0.1) is 13.8 Å². The summed E-state index contributed by atoms with van der Waals surface area (Å²) in [6.07, 6.45) is 1.73. The van der Waals surface area contributed by atoms with Gasteiger partial charge < -0.3 is 5.32 Å². The molecule has 0 bridgehead atoms. The number of hydrogen-bond acceptors (Lipinski definition) is 3. The highest BCUT2D eigenvalue weighted by atomic mass is 35.5. The van der Waals surface area contributed by atoms with Gasteiger partial charge in [0.05, 0.1) is 17.2 Å². The van der Waals surface area contributed by atoms with E-state index in [1.807, 2.05) is 24.3 Å². The van der Waals surface area contributed by atoms with Crippen LogP contribution in [0.5, 0.6) is 0 Å². The molecule has 3 rings (SSSR count). The number of rotatable bonds is 2. The van der Waals surface area contributed by atoms with Gasteiger partial charge in [-0.25, -0.2) is 4.98 Å². The minimum Gasteiger partial charge on any atom is -0.339 e. The van der Waals surface area contributed by atoms with Crippen molar-refractivity contribution >= 4 is 34.1 Å². The predicted molar refractivity (Wildman–Crippen MR) is 83.7 cm³/mol. The van der Waals surface area contributed by atoms with Crippen LogP contribution < -0.4 is 5.32 Å². The monoisotopic (exact) mass is 283 g/mol. The fourth-order valence-electron chi connectivity index (χ4n) is 2.04. The summed E-state index contributed by atoms with van der Waals surface area (Å²) in [6.45, 7) is 4.15. The third kappa shape index (κ3) is 2.58. The quantitative estimate of drug-likeness (QED) is 0.744. The van der Waals surface area contributed by atoms with Gasteiger partial charge in [-0.15, -0.1) is 0 Å². The Morgan fingerprint density at radius 2 is 1.75 bits per heavy atom. The Morgan fingerprint density at radius 1 is 1.00 bits per heavy atom. The minimum absolute atomic E-state index is 0.690. The number of aryl methyl sites for hydroxylation is 2. The van der Waals surface area contributed by atoms with Crippen molar-refractivity contribution in [1.29, 1.82) is 0 Å². The minimum atomic E-state index is 0.690. The average molecular weight is 284 g/mol. The second-order valence-corrected chi connectivity index (χ2v) is 5.25. The van der Waals surface area contributed by atoms with E-state index in [1.54, 1.807) is 6.20 Å². The van der Waals surface area contributed by atoms with E-state index in [0.29, 0.717) is 10.8 Å². The van der Waals surface area contributed by atoms with Crippen LogP contribution >= 0.6 is 11.6 Å². The lowest BCUT2D eigenvalue weighted by atomic mass is 10.1. The Hall–Kier alpha value is -2.13. The average Bonchev–Trinajstić information content (AvgIpc) is 2.40. The first kappa shape index (κ1) is 12.9. The third-order valence-electron chi connectivity index (χ3n) is 3.25. The second kappa shape index (κ2) is 5.10. The molecule has 20 heavy (non-hydrogen) atoms. The number of nitrogens with one attached hydrogen (secondary N) is 1. The maximum Gasteiger partial charge on any atom is 0.149 e. The number of anilines is 2. The van der Waals surface area contributed by atoms with Gasteiger partial charge >= 0.3 is 0 Å². The van der Waals surface area contributed by atoms with Gasteiger partial charge in [-0.3, -0.25) is 4.98 Å². The van der Waals surface area contributed by atoms with Crippen molar-refractivity contribution in [3.8, 4) is 0 Å². The van der Waals surface area contributed by atoms with Crippen molar-refractivity contribution in [2.45, 2.75) is 13.8 Å². The molecule has 0 aliphatic rings. The number of benzene rings is 2. The molecular formula is C16H14ClN3. The summed E-state index contributed by atoms with van der Waals surface area (Å²) in [7, 11) is 0. The molecular weight excluding hydrogens is 270 g/mol. The van der Waals surface area contributed by atoms with Crippen molar-refractivity contribution in [2.24, 2.45) is 0 Å². The lowest BCUT2D eigenvalue weighted by Crippen LogP contribution is -1.96. The molecule has 0 saturated heterocycles. The number of nitrogens with zero attached hydrogens (tertiary/aromatic N) is 2. The lowest BCUT2D eigenvalue weighted by molar-refractivity contribution is 1.25. The lowest BCUT2D eigenvalue weighted by Gasteiger charge is -2.08. The van der Waals surface area contributed by atoms with Gasteiger partial charge in [-0.05, 0) is 55.3 Å². The van der Waals surface area contributed by atoms with E-state index in [1.165, 1.54) is 11.1 Å². The Labute approximate surface area is 122 Å². The van der Waals surface area contributed by atoms with Crippen LogP contribution in [0.1, 0.15) is 11.1 Å². The van der Waals surface area contributed by atoms with Crippen LogP contribution in [-0.2, 0) is 0 Å². The Morgan fingerprint density at radius 3 is 2.50 bits per heavy atom. The van der Waals surface area contributed by atoms with Gasteiger partial charge in [0, 0.05) is 10.7 Å². The fraction of sp³-hybridized carbons (Fsp3) is 0.125. The zero-order valence-electron chi connectivity index (χ0n) is 11.3. The summed E-state index contributed by atoms with van der Waals surface area (Å²) in [6, 6.07) is 11.6. The molecule has 0 amide bonds. The number of fused-ring (bicyclic) bond motifs is 1. The predicted octanol–water partition coefficient (Wildman–Crippen LogP) is 4.64. The first-order valence-corrected chi connectivity index (χ1v) is 6.76. The van der Waals surface area contributed by atoms with Gasteiger partial charge in [-0.2, -0.15) is 0 Å². The SMILES string of the molecule is Cc1cc2ncc(Nc3cccc(Cl)c3)nc2cc1C. The molecule has 3 aromatic rings. The zero-order chi connectivity index (χ0) is 14.1. The van der Waals surface area contributed by atoms with E-state index in [2.05, 4.69) is 41.3 Å². The molecule has 0 atom stereocenters. The summed E-state index contributed by atoms with van der Waals surface area (Å²) >= 11 is 5.97. The topological polar surface area (TPSA) is 37.8 Å². The van der Waals surface area contributed by atoms with Crippen molar-refractivity contribution in [2.75, 3.05) is 5.32 Å². The summed E-state index contributed by atoms with van der Waals surface area (Å²) in [4.78, 5) is 9.03. The standard InChI is InChI=1S/C16H14ClN3/c1-10-6-14-15(7-11(10)2)20-16(9-18-14)19-13-5-3-4-12(17)8-13/h3-9H,1-2H3,(H,19,20). The van der Waals surface area contributed by atoms with Crippen LogP contribution in [0.3, 0.4) is 0 Å². The molecule has 0 radical (unpaired) electrons. The molecule has 2 aromatic carbocycles. The summed E-state index contributed by atoms with van der Waals surface area (Å²) in [5.74, 6) is 0.711. The van der Waals surface area contributed by atoms with E-state index in [4.69, 9.17) is 11.6 Å². The van der Waals surface area contributed by atoms with Gasteiger partial charge in [-0.1, -0.05) is 17.7 Å². The maximum absolute atomic E-state index is 5.97. The highest BCUT2D eigenvalue weighted by Crippen LogP contribution is 2.21. The van der Waals surface area contributed by atoms with Gasteiger partial charge in [0.1, 0.15) is 5.82 Å². The number of halogens is 1. The highest BCUT2D eigenvalue weighted by Gasteiger charge is 2.03. The maximum atomic E-state index is 5.97. The van der Waals surface area contributed by atoms with Crippen molar-refractivity contribution in [3.05, 3.63) is 58.7 Å². The van der Waals surface area contributed by atoms with E-state index in [9.17, 15) is 0 Å². The number of aromatic nitrogens is 2. The molecule has 0 spiro atoms. The first-order valence-electron chi connectivity index (χ1n) is 6.38. The Kier molecular flexibility index (Phi) is 3.28. The first-order chi connectivity index (χ1) is 9.61. The Bertz CT molecular complexity index is 784. The summed E-state index contributed by atoms with van der Waals surface area (Å²) < 4.78 is 0. The van der Waals surface area contributed by atoms with Crippen LogP contribution in [-0.4, -0.2) is 9.97 Å². The Balaban J connectivity index is 1.98. The highest BCUT2D eigenvalue weighted by molar-refractivity contribution is 6.30. The van der Waals surface area contributed by atoms with E-state index in [0.717, 1.165) is 16.7 Å². The van der Waals surface area contributed by atoms with Crippen molar-refractivity contribution in [3.63, 3.8) is 0 Å². The van der Waals surface area contributed by atoms with Crippen LogP contribution in [0.2, 0.25) is 5.02 Å². The molecule has 4 heteroatoms. The molecule has 1 aromatic heterocycles. The molecule has 0 saturated carbocycles. The molecule has 0 aliphatic carbocycles. The largest absolute Gasteiger partial charge is 0.339 e. The molecule has 100 valence electrons. The fourth-order valence-corrected chi connectivity index (χ4v) is 2.23. The molecule has 1 N–H and O–H groups in total. The molecule has 0 aliphatic heterocycles. The van der Waals surface area contributed by atoms with Gasteiger partial charge in [0.25, 0.3) is 0 Å². The smallest absolute Gasteiger partial charge is 0.149 e.